The van der Waals surface area contributed by atoms with Crippen LogP contribution in [0.2, 0.25) is 5.15 Å². The van der Waals surface area contributed by atoms with Crippen LogP contribution in [-0.4, -0.2) is 49.1 Å². The van der Waals surface area contributed by atoms with Gasteiger partial charge < -0.3 is 10.6 Å². The number of pyridine rings is 2. The summed E-state index contributed by atoms with van der Waals surface area (Å²) in [6.45, 7) is 5.82. The van der Waals surface area contributed by atoms with Gasteiger partial charge in [-0.1, -0.05) is 23.7 Å². The van der Waals surface area contributed by atoms with E-state index in [0.29, 0.717) is 32.9 Å². The largest absolute Gasteiger partial charge is 0.315 e. The lowest BCUT2D eigenvalue weighted by Crippen LogP contribution is -1.93. The van der Waals surface area contributed by atoms with E-state index < -0.39 is 0 Å². The molecule has 6 aromatic rings. The second kappa shape index (κ2) is 11.4. The Morgan fingerprint density at radius 2 is 1.21 bits per heavy atom. The number of aromatic nitrogens is 10. The van der Waals surface area contributed by atoms with Crippen molar-refractivity contribution in [2.75, 3.05) is 10.6 Å². The lowest BCUT2D eigenvalue weighted by atomic mass is 10.2. The van der Waals surface area contributed by atoms with E-state index >= 15 is 0 Å². The molecule has 4 N–H and O–H groups in total. The highest BCUT2D eigenvalue weighted by molar-refractivity contribution is 7.10. The molecule has 0 radical (unpaired) electrons. The molecule has 12 nitrogen and oxygen atoms in total. The predicted molar refractivity (Wildman–Crippen MR) is 149 cm³/mol. The number of nitrogens with zero attached hydrogens (tertiary/aromatic N) is 8. The minimum atomic E-state index is 0.431. The summed E-state index contributed by atoms with van der Waals surface area (Å²) >= 11 is 8.39. The molecule has 0 saturated carbocycles. The zero-order valence-electron chi connectivity index (χ0n) is 20.4. The monoisotopic (exact) mass is 564 g/mol. The van der Waals surface area contributed by atoms with E-state index in [4.69, 9.17) is 11.6 Å². The standard InChI is InChI=1S/C12H12N6S.C11H9ClN6S/c1-7-4-3-5-10(14-7)15-12-16-11(18-19-12)9-6-13-17-8(9)2;1-6-7(5-13-17-6)10-16-11(19-18-10)15-9-4-2-3-8(12)14-9/h3-6H,1-2H3,(H,13,17)(H,14,15,16,18);2-5H,1H3,(H,13,17)(H,14,15,16,18). The van der Waals surface area contributed by atoms with Crippen LogP contribution in [-0.2, 0) is 0 Å². The predicted octanol–water partition coefficient (Wildman–Crippen LogP) is 5.71. The molecule has 0 fully saturated rings. The molecule has 0 spiro atoms. The third-order valence-electron chi connectivity index (χ3n) is 5.07. The lowest BCUT2D eigenvalue weighted by molar-refractivity contribution is 1.05. The van der Waals surface area contributed by atoms with Gasteiger partial charge in [0.25, 0.3) is 0 Å². The second-order valence-corrected chi connectivity index (χ2v) is 9.81. The summed E-state index contributed by atoms with van der Waals surface area (Å²) in [5, 5.41) is 21.7. The van der Waals surface area contributed by atoms with Gasteiger partial charge in [-0.25, -0.2) is 9.97 Å². The van der Waals surface area contributed by atoms with Crippen LogP contribution in [0.25, 0.3) is 22.8 Å². The number of rotatable bonds is 6. The van der Waals surface area contributed by atoms with Gasteiger partial charge in [0.1, 0.15) is 16.8 Å². The summed E-state index contributed by atoms with van der Waals surface area (Å²) in [7, 11) is 0. The molecule has 0 aliphatic heterocycles. The van der Waals surface area contributed by atoms with Crippen molar-refractivity contribution < 1.29 is 0 Å². The molecule has 0 bridgehead atoms. The maximum Gasteiger partial charge on any atom is 0.208 e. The van der Waals surface area contributed by atoms with Gasteiger partial charge in [-0.2, -0.15) is 28.9 Å². The molecule has 6 heterocycles. The van der Waals surface area contributed by atoms with Gasteiger partial charge in [0.2, 0.25) is 10.3 Å². The van der Waals surface area contributed by atoms with Gasteiger partial charge in [-0.15, -0.1) is 0 Å². The Labute approximate surface area is 230 Å². The number of hydrogen-bond acceptors (Lipinski definition) is 12. The Morgan fingerprint density at radius 3 is 1.68 bits per heavy atom. The van der Waals surface area contributed by atoms with E-state index in [1.165, 1.54) is 23.1 Å². The van der Waals surface area contributed by atoms with Crippen molar-refractivity contribution in [3.05, 3.63) is 71.0 Å². The topological polar surface area (TPSA) is 159 Å². The molecule has 0 amide bonds. The third-order valence-corrected chi connectivity index (χ3v) is 6.54. The molecule has 38 heavy (non-hydrogen) atoms. The van der Waals surface area contributed by atoms with Crippen LogP contribution in [0.5, 0.6) is 0 Å². The third kappa shape index (κ3) is 6.16. The van der Waals surface area contributed by atoms with Gasteiger partial charge in [0.15, 0.2) is 11.6 Å². The summed E-state index contributed by atoms with van der Waals surface area (Å²) < 4.78 is 8.60. The second-order valence-electron chi connectivity index (χ2n) is 7.92. The number of aromatic amines is 2. The molecule has 0 aliphatic carbocycles. The number of nitrogens with one attached hydrogen (secondary N) is 4. The molecule has 6 aromatic heterocycles. The SMILES string of the molecule is Cc1[nH]ncc1-c1nsc(Nc2cccc(Cl)n2)n1.Cc1cccc(Nc2nc(-c3cn[nH]c3C)ns2)n1. The quantitative estimate of drug-likeness (QED) is 0.184. The van der Waals surface area contributed by atoms with Crippen molar-refractivity contribution in [1.29, 1.82) is 0 Å². The summed E-state index contributed by atoms with van der Waals surface area (Å²) in [5.74, 6) is 2.72. The Balaban J connectivity index is 0.000000155. The first-order valence-corrected chi connectivity index (χ1v) is 13.2. The summed E-state index contributed by atoms with van der Waals surface area (Å²) in [5.41, 5.74) is 4.66. The van der Waals surface area contributed by atoms with Crippen molar-refractivity contribution in [1.82, 2.24) is 49.1 Å². The minimum absolute atomic E-state index is 0.431. The van der Waals surface area contributed by atoms with E-state index in [1.807, 2.05) is 51.1 Å². The summed E-state index contributed by atoms with van der Waals surface area (Å²) in [6.07, 6.45) is 3.44. The number of hydrogen-bond donors (Lipinski definition) is 4. The molecule has 0 aromatic carbocycles. The Hall–Kier alpha value is -4.27. The van der Waals surface area contributed by atoms with Gasteiger partial charge in [-0.3, -0.25) is 10.2 Å². The zero-order chi connectivity index (χ0) is 26.5. The molecule has 0 unspecified atom stereocenters. The smallest absolute Gasteiger partial charge is 0.208 e. The Bertz CT molecular complexity index is 1530. The number of anilines is 4. The zero-order valence-corrected chi connectivity index (χ0v) is 22.8. The first-order chi connectivity index (χ1) is 18.4. The number of aryl methyl sites for hydroxylation is 3. The highest BCUT2D eigenvalue weighted by atomic mass is 35.5. The Morgan fingerprint density at radius 1 is 0.684 bits per heavy atom. The fourth-order valence-electron chi connectivity index (χ4n) is 3.23. The van der Waals surface area contributed by atoms with Crippen molar-refractivity contribution in [2.45, 2.75) is 20.8 Å². The van der Waals surface area contributed by atoms with E-state index in [0.717, 1.165) is 34.0 Å². The van der Waals surface area contributed by atoms with Gasteiger partial charge in [0, 0.05) is 40.1 Å². The average molecular weight is 565 g/mol. The molecule has 192 valence electrons. The van der Waals surface area contributed by atoms with Crippen molar-refractivity contribution in [3.8, 4) is 22.8 Å². The Kier molecular flexibility index (Phi) is 7.62. The molecular formula is C23H21ClN12S2. The van der Waals surface area contributed by atoms with E-state index in [-0.39, 0.29) is 0 Å². The fraction of sp³-hybridized carbons (Fsp3) is 0.130. The van der Waals surface area contributed by atoms with Crippen LogP contribution < -0.4 is 10.6 Å². The van der Waals surface area contributed by atoms with Crippen LogP contribution in [0.15, 0.2) is 48.8 Å². The summed E-state index contributed by atoms with van der Waals surface area (Å²) in [6, 6.07) is 11.2. The highest BCUT2D eigenvalue weighted by Crippen LogP contribution is 2.25. The van der Waals surface area contributed by atoms with Crippen LogP contribution in [0.1, 0.15) is 17.1 Å². The molecular weight excluding hydrogens is 544 g/mol. The number of H-pyrrole nitrogens is 2. The summed E-state index contributed by atoms with van der Waals surface area (Å²) in [4.78, 5) is 17.3. The van der Waals surface area contributed by atoms with E-state index in [2.05, 4.69) is 59.7 Å². The minimum Gasteiger partial charge on any atom is -0.315 e. The first-order valence-electron chi connectivity index (χ1n) is 11.2. The van der Waals surface area contributed by atoms with E-state index in [9.17, 15) is 0 Å². The van der Waals surface area contributed by atoms with Crippen LogP contribution in [0.3, 0.4) is 0 Å². The molecule has 0 atom stereocenters. The van der Waals surface area contributed by atoms with Crippen molar-refractivity contribution in [3.63, 3.8) is 0 Å². The van der Waals surface area contributed by atoms with Crippen LogP contribution in [0, 0.1) is 20.8 Å². The first kappa shape index (κ1) is 25.4. The number of halogens is 1. The van der Waals surface area contributed by atoms with Gasteiger partial charge >= 0.3 is 0 Å². The fourth-order valence-corrected chi connectivity index (χ4v) is 4.57. The van der Waals surface area contributed by atoms with Crippen molar-refractivity contribution >= 4 is 56.6 Å². The van der Waals surface area contributed by atoms with E-state index in [1.54, 1.807) is 18.5 Å². The molecule has 0 saturated heterocycles. The van der Waals surface area contributed by atoms with Gasteiger partial charge in [-0.05, 0) is 45.0 Å². The molecule has 0 aliphatic rings. The van der Waals surface area contributed by atoms with Crippen LogP contribution in [0.4, 0.5) is 21.9 Å². The lowest BCUT2D eigenvalue weighted by Gasteiger charge is -2.00. The normalized spacial score (nSPS) is 10.6. The molecule has 6 rings (SSSR count). The highest BCUT2D eigenvalue weighted by Gasteiger charge is 2.12. The average Bonchev–Trinajstić information content (AvgIpc) is 3.69. The van der Waals surface area contributed by atoms with Gasteiger partial charge in [0.05, 0.1) is 23.5 Å². The maximum absolute atomic E-state index is 5.82. The van der Waals surface area contributed by atoms with Crippen molar-refractivity contribution in [2.24, 2.45) is 0 Å². The van der Waals surface area contributed by atoms with Crippen LogP contribution >= 0.6 is 34.7 Å². The molecule has 15 heteroatoms. The maximum atomic E-state index is 5.82.